The summed E-state index contributed by atoms with van der Waals surface area (Å²) in [6.45, 7) is 0. The maximum absolute atomic E-state index is 12.6. The van der Waals surface area contributed by atoms with Gasteiger partial charge >= 0.3 is 18.5 Å². The Morgan fingerprint density at radius 3 is 1.84 bits per heavy atom. The van der Waals surface area contributed by atoms with Gasteiger partial charge in [-0.3, -0.25) is 0 Å². The van der Waals surface area contributed by atoms with Gasteiger partial charge in [-0.1, -0.05) is 15.9 Å². The summed E-state index contributed by atoms with van der Waals surface area (Å²) in [7, 11) is 0. The van der Waals surface area contributed by atoms with Crippen molar-refractivity contribution in [3.63, 3.8) is 0 Å². The highest BCUT2D eigenvalue weighted by Gasteiger charge is 2.61. The minimum absolute atomic E-state index is 0.145. The first-order valence-electron chi connectivity index (χ1n) is 4.35. The minimum atomic E-state index is -6.13. The zero-order chi connectivity index (χ0) is 15.1. The highest BCUT2D eigenvalue weighted by molar-refractivity contribution is 9.10. The third-order valence-corrected chi connectivity index (χ3v) is 2.31. The first-order valence-corrected chi connectivity index (χ1v) is 5.14. The van der Waals surface area contributed by atoms with Gasteiger partial charge in [-0.2, -0.15) is 35.1 Å². The monoisotopic (exact) mass is 358 g/mol. The van der Waals surface area contributed by atoms with Crippen LogP contribution in [0.3, 0.4) is 0 Å². The molecule has 0 N–H and O–H groups in total. The molecule has 1 nitrogen and oxygen atoms in total. The zero-order valence-electron chi connectivity index (χ0n) is 8.54. The third kappa shape index (κ3) is 3.71. The number of alkyl halides is 8. The molecule has 10 heteroatoms. The molecule has 0 unspecified atom stereocenters. The summed E-state index contributed by atoms with van der Waals surface area (Å²) in [5, 5.41) is 0. The Bertz CT molecular complexity index is 464. The van der Waals surface area contributed by atoms with Gasteiger partial charge in [0.15, 0.2) is 0 Å². The van der Waals surface area contributed by atoms with E-state index in [9.17, 15) is 35.1 Å². The van der Waals surface area contributed by atoms with Crippen LogP contribution in [0.5, 0.6) is 5.75 Å². The van der Waals surface area contributed by atoms with Crippen molar-refractivity contribution < 1.29 is 39.9 Å². The van der Waals surface area contributed by atoms with Crippen LogP contribution in [-0.4, -0.2) is 12.3 Å². The largest absolute Gasteiger partial charge is 0.499 e. The summed E-state index contributed by atoms with van der Waals surface area (Å²) >= 11 is 2.65. The Morgan fingerprint density at radius 1 is 0.895 bits per heavy atom. The fraction of sp³-hybridized carbons (Fsp3) is 0.333. The van der Waals surface area contributed by atoms with Gasteiger partial charge in [0.2, 0.25) is 0 Å². The smallest absolute Gasteiger partial charge is 0.425 e. The van der Waals surface area contributed by atoms with Gasteiger partial charge in [0.25, 0.3) is 0 Å². The van der Waals surface area contributed by atoms with Crippen molar-refractivity contribution >= 4 is 15.9 Å². The van der Waals surface area contributed by atoms with E-state index in [1.165, 1.54) is 0 Å². The Morgan fingerprint density at radius 2 is 1.42 bits per heavy atom. The second-order valence-electron chi connectivity index (χ2n) is 3.25. The highest BCUT2D eigenvalue weighted by Crippen LogP contribution is 2.43. The lowest BCUT2D eigenvalue weighted by Gasteiger charge is -2.22. The molecule has 1 aromatic carbocycles. The Kier molecular flexibility index (Phi) is 4.04. The van der Waals surface area contributed by atoms with Crippen LogP contribution >= 0.6 is 15.9 Å². The number of rotatable bonds is 2. The van der Waals surface area contributed by atoms with Gasteiger partial charge in [-0.25, -0.2) is 0 Å². The molecule has 0 aliphatic carbocycles. The summed E-state index contributed by atoms with van der Waals surface area (Å²) in [4.78, 5) is 0. The molecule has 0 saturated heterocycles. The summed E-state index contributed by atoms with van der Waals surface area (Å²) in [5.41, 5.74) is -1.74. The van der Waals surface area contributed by atoms with E-state index >= 15 is 0 Å². The Labute approximate surface area is 109 Å². The van der Waals surface area contributed by atoms with Crippen LogP contribution < -0.4 is 4.74 Å². The van der Waals surface area contributed by atoms with Crippen LogP contribution in [0.15, 0.2) is 22.7 Å². The predicted octanol–water partition coefficient (Wildman–Crippen LogP) is 5.00. The van der Waals surface area contributed by atoms with Crippen LogP contribution in [0.2, 0.25) is 0 Å². The van der Waals surface area contributed by atoms with E-state index in [-0.39, 0.29) is 4.47 Å². The number of hydrogen-bond acceptors (Lipinski definition) is 1. The molecule has 0 aliphatic rings. The molecule has 0 spiro atoms. The van der Waals surface area contributed by atoms with Crippen LogP contribution in [0, 0.1) is 0 Å². The quantitative estimate of drug-likeness (QED) is 0.676. The van der Waals surface area contributed by atoms with Crippen molar-refractivity contribution in [3.05, 3.63) is 28.2 Å². The lowest BCUT2D eigenvalue weighted by molar-refractivity contribution is -0.361. The number of hydrogen-bond donors (Lipinski definition) is 0. The fourth-order valence-electron chi connectivity index (χ4n) is 1.01. The molecule has 0 saturated carbocycles. The standard InChI is InChI=1S/C9H3BrF8O/c10-4-1-2-5(7(11,12)13)6(3-4)19-9(17,18)8(14,15)16/h1-3H. The van der Waals surface area contributed by atoms with E-state index in [1.807, 2.05) is 0 Å². The first-order chi connectivity index (χ1) is 8.34. The zero-order valence-corrected chi connectivity index (χ0v) is 10.1. The molecule has 0 aliphatic heterocycles. The van der Waals surface area contributed by atoms with Gasteiger partial charge in [0.1, 0.15) is 5.75 Å². The van der Waals surface area contributed by atoms with Crippen molar-refractivity contribution in [2.45, 2.75) is 18.5 Å². The van der Waals surface area contributed by atoms with Gasteiger partial charge in [-0.05, 0) is 18.2 Å². The van der Waals surface area contributed by atoms with E-state index in [2.05, 4.69) is 20.7 Å². The molecule has 0 radical (unpaired) electrons. The third-order valence-electron chi connectivity index (χ3n) is 1.82. The SMILES string of the molecule is FC(F)(F)c1ccc(Br)cc1OC(F)(F)C(F)(F)F. The molecule has 19 heavy (non-hydrogen) atoms. The number of benzene rings is 1. The maximum Gasteiger partial charge on any atom is 0.499 e. The fourth-order valence-corrected chi connectivity index (χ4v) is 1.35. The summed E-state index contributed by atoms with van der Waals surface area (Å²) < 4.78 is 101. The second kappa shape index (κ2) is 4.80. The van der Waals surface area contributed by atoms with Gasteiger partial charge in [0.05, 0.1) is 5.56 Å². The molecule has 0 bridgehead atoms. The van der Waals surface area contributed by atoms with Gasteiger partial charge in [0, 0.05) is 4.47 Å². The lowest BCUT2D eigenvalue weighted by Crippen LogP contribution is -2.42. The molecule has 108 valence electrons. The topological polar surface area (TPSA) is 9.23 Å². The second-order valence-corrected chi connectivity index (χ2v) is 4.17. The minimum Gasteiger partial charge on any atom is -0.425 e. The van der Waals surface area contributed by atoms with E-state index < -0.39 is 29.8 Å². The average Bonchev–Trinajstić information content (AvgIpc) is 2.12. The van der Waals surface area contributed by atoms with Crippen LogP contribution in [0.4, 0.5) is 35.1 Å². The molecule has 0 heterocycles. The van der Waals surface area contributed by atoms with Crippen molar-refractivity contribution in [1.82, 2.24) is 0 Å². The normalized spacial score (nSPS) is 13.5. The van der Waals surface area contributed by atoms with Gasteiger partial charge < -0.3 is 4.74 Å². The maximum atomic E-state index is 12.6. The summed E-state index contributed by atoms with van der Waals surface area (Å²) in [6.07, 6.45) is -17.0. The molecule has 0 atom stereocenters. The molecule has 1 rings (SSSR count). The summed E-state index contributed by atoms with van der Waals surface area (Å²) in [6, 6.07) is 1.54. The molecule has 0 aromatic heterocycles. The van der Waals surface area contributed by atoms with Crippen LogP contribution in [0.1, 0.15) is 5.56 Å². The molecule has 0 amide bonds. The summed E-state index contributed by atoms with van der Waals surface area (Å²) in [5.74, 6) is -1.62. The molecular formula is C9H3BrF8O. The Balaban J connectivity index is 3.24. The van der Waals surface area contributed by atoms with Gasteiger partial charge in [-0.15, -0.1) is 0 Å². The lowest BCUT2D eigenvalue weighted by atomic mass is 10.2. The van der Waals surface area contributed by atoms with E-state index in [1.54, 1.807) is 0 Å². The highest BCUT2D eigenvalue weighted by atomic mass is 79.9. The van der Waals surface area contributed by atoms with E-state index in [0.717, 1.165) is 6.07 Å². The average molecular weight is 359 g/mol. The van der Waals surface area contributed by atoms with Crippen molar-refractivity contribution in [1.29, 1.82) is 0 Å². The molecular weight excluding hydrogens is 356 g/mol. The molecule has 0 fully saturated rings. The Hall–Kier alpha value is -1.06. The first kappa shape index (κ1) is 16.0. The van der Waals surface area contributed by atoms with Crippen LogP contribution in [-0.2, 0) is 6.18 Å². The van der Waals surface area contributed by atoms with Crippen molar-refractivity contribution in [3.8, 4) is 5.75 Å². The van der Waals surface area contributed by atoms with E-state index in [0.29, 0.717) is 12.1 Å². The van der Waals surface area contributed by atoms with E-state index in [4.69, 9.17) is 0 Å². The molecule has 1 aromatic rings. The van der Waals surface area contributed by atoms with Crippen molar-refractivity contribution in [2.24, 2.45) is 0 Å². The number of halogens is 9. The number of ether oxygens (including phenoxy) is 1. The van der Waals surface area contributed by atoms with Crippen molar-refractivity contribution in [2.75, 3.05) is 0 Å². The predicted molar refractivity (Wildman–Crippen MR) is 50.8 cm³/mol. The van der Waals surface area contributed by atoms with Crippen LogP contribution in [0.25, 0.3) is 0 Å².